The molecule has 0 aliphatic rings. The summed E-state index contributed by atoms with van der Waals surface area (Å²) in [6.45, 7) is 4.45. The number of allylic oxidation sites excluding steroid dienone is 3. The SMILES string of the molecule is CCCCC=CC=COC(=O)CCCCCCCCCCCCCCC. The fraction of sp³-hybridized carbons (Fsp3) is 0.792. The van der Waals surface area contributed by atoms with Gasteiger partial charge in [0.25, 0.3) is 0 Å². The molecule has 0 fully saturated rings. The molecule has 0 aromatic carbocycles. The van der Waals surface area contributed by atoms with E-state index in [-0.39, 0.29) is 5.97 Å². The van der Waals surface area contributed by atoms with E-state index in [0.29, 0.717) is 6.42 Å². The highest BCUT2D eigenvalue weighted by Crippen LogP contribution is 2.13. The molecular weight excluding hydrogens is 320 g/mol. The Bertz CT molecular complexity index is 344. The molecule has 0 aromatic rings. The molecule has 0 spiro atoms. The number of carbonyl (C=O) groups excluding carboxylic acids is 1. The van der Waals surface area contributed by atoms with Gasteiger partial charge in [-0.2, -0.15) is 0 Å². The van der Waals surface area contributed by atoms with Crippen LogP contribution in [0.5, 0.6) is 0 Å². The first-order valence-corrected chi connectivity index (χ1v) is 11.3. The lowest BCUT2D eigenvalue weighted by Crippen LogP contribution is -1.98. The van der Waals surface area contributed by atoms with Crippen molar-refractivity contribution >= 4 is 5.97 Å². The largest absolute Gasteiger partial charge is 0.434 e. The highest BCUT2D eigenvalue weighted by Gasteiger charge is 2.00. The van der Waals surface area contributed by atoms with Gasteiger partial charge in [0.1, 0.15) is 0 Å². The molecule has 152 valence electrons. The number of esters is 1. The topological polar surface area (TPSA) is 26.3 Å². The minimum Gasteiger partial charge on any atom is -0.434 e. The van der Waals surface area contributed by atoms with Crippen molar-refractivity contribution < 1.29 is 9.53 Å². The second-order valence-electron chi connectivity index (χ2n) is 7.38. The molecule has 0 amide bonds. The Morgan fingerprint density at radius 3 is 1.69 bits per heavy atom. The molecule has 0 rings (SSSR count). The molecule has 0 bridgehead atoms. The summed E-state index contributed by atoms with van der Waals surface area (Å²) >= 11 is 0. The fourth-order valence-corrected chi connectivity index (χ4v) is 3.00. The van der Waals surface area contributed by atoms with Crippen LogP contribution in [0.4, 0.5) is 0 Å². The third-order valence-corrected chi connectivity index (χ3v) is 4.73. The molecule has 0 aliphatic heterocycles. The highest BCUT2D eigenvalue weighted by atomic mass is 16.5. The van der Waals surface area contributed by atoms with Gasteiger partial charge in [-0.15, -0.1) is 0 Å². The number of carbonyl (C=O) groups is 1. The van der Waals surface area contributed by atoms with Gasteiger partial charge in [0.15, 0.2) is 0 Å². The normalized spacial score (nSPS) is 11.6. The zero-order chi connectivity index (χ0) is 19.1. The Labute approximate surface area is 163 Å². The molecule has 2 nitrogen and oxygen atoms in total. The van der Waals surface area contributed by atoms with E-state index >= 15 is 0 Å². The van der Waals surface area contributed by atoms with E-state index in [1.807, 2.05) is 6.08 Å². The van der Waals surface area contributed by atoms with E-state index in [4.69, 9.17) is 4.74 Å². The van der Waals surface area contributed by atoms with Crippen molar-refractivity contribution in [3.63, 3.8) is 0 Å². The second-order valence-corrected chi connectivity index (χ2v) is 7.38. The van der Waals surface area contributed by atoms with Crippen LogP contribution < -0.4 is 0 Å². The maximum Gasteiger partial charge on any atom is 0.310 e. The van der Waals surface area contributed by atoms with Gasteiger partial charge in [-0.1, -0.05) is 116 Å². The van der Waals surface area contributed by atoms with Crippen molar-refractivity contribution in [2.45, 2.75) is 123 Å². The maximum atomic E-state index is 11.6. The molecule has 0 aliphatic carbocycles. The van der Waals surface area contributed by atoms with E-state index in [0.717, 1.165) is 19.3 Å². The van der Waals surface area contributed by atoms with Crippen LogP contribution in [0.3, 0.4) is 0 Å². The van der Waals surface area contributed by atoms with Crippen LogP contribution in [0, 0.1) is 0 Å². The Morgan fingerprint density at radius 1 is 0.654 bits per heavy atom. The number of rotatable bonds is 19. The first-order chi connectivity index (χ1) is 12.8. The van der Waals surface area contributed by atoms with Crippen LogP contribution in [0.1, 0.15) is 123 Å². The lowest BCUT2D eigenvalue weighted by atomic mass is 10.0. The summed E-state index contributed by atoms with van der Waals surface area (Å²) in [6.07, 6.45) is 28.7. The van der Waals surface area contributed by atoms with E-state index in [9.17, 15) is 4.79 Å². The van der Waals surface area contributed by atoms with Gasteiger partial charge in [-0.3, -0.25) is 4.79 Å². The predicted molar refractivity (Wildman–Crippen MR) is 114 cm³/mol. The van der Waals surface area contributed by atoms with Gasteiger partial charge in [0.2, 0.25) is 0 Å². The van der Waals surface area contributed by atoms with Crippen molar-refractivity contribution in [3.8, 4) is 0 Å². The smallest absolute Gasteiger partial charge is 0.310 e. The average Bonchev–Trinajstić information content (AvgIpc) is 2.64. The minimum absolute atomic E-state index is 0.105. The van der Waals surface area contributed by atoms with Gasteiger partial charge in [0, 0.05) is 6.42 Å². The quantitative estimate of drug-likeness (QED) is 0.0997. The van der Waals surface area contributed by atoms with E-state index in [1.54, 1.807) is 6.08 Å². The number of unbranched alkanes of at least 4 members (excludes halogenated alkanes) is 14. The lowest BCUT2D eigenvalue weighted by Gasteiger charge is -2.03. The van der Waals surface area contributed by atoms with Gasteiger partial charge in [-0.25, -0.2) is 0 Å². The second kappa shape index (κ2) is 22.0. The van der Waals surface area contributed by atoms with Crippen LogP contribution in [0.2, 0.25) is 0 Å². The molecule has 26 heavy (non-hydrogen) atoms. The molecule has 0 radical (unpaired) electrons. The van der Waals surface area contributed by atoms with Crippen molar-refractivity contribution in [2.75, 3.05) is 0 Å². The third kappa shape index (κ3) is 21.0. The molecule has 0 atom stereocenters. The van der Waals surface area contributed by atoms with E-state index < -0.39 is 0 Å². The molecule has 0 unspecified atom stereocenters. The molecule has 0 saturated heterocycles. The van der Waals surface area contributed by atoms with Crippen molar-refractivity contribution in [1.82, 2.24) is 0 Å². The van der Waals surface area contributed by atoms with Gasteiger partial charge >= 0.3 is 5.97 Å². The maximum absolute atomic E-state index is 11.6. The Hall–Kier alpha value is -1.05. The molecular formula is C24H44O2. The highest BCUT2D eigenvalue weighted by molar-refractivity contribution is 5.69. The molecule has 0 aromatic heterocycles. The minimum atomic E-state index is -0.105. The standard InChI is InChI=1S/C24H44O2/c1-3-5-7-9-11-12-13-14-15-16-17-18-20-22-24(25)26-23-21-19-10-8-6-4-2/h10,19,21,23H,3-9,11-18,20,22H2,1-2H3. The third-order valence-electron chi connectivity index (χ3n) is 4.73. The Kier molecular flexibility index (Phi) is 21.1. The van der Waals surface area contributed by atoms with Crippen molar-refractivity contribution in [1.29, 1.82) is 0 Å². The zero-order valence-electron chi connectivity index (χ0n) is 17.6. The number of ether oxygens (including phenoxy) is 1. The number of hydrogen-bond donors (Lipinski definition) is 0. The van der Waals surface area contributed by atoms with Gasteiger partial charge in [0.05, 0.1) is 6.26 Å². The molecule has 0 saturated carbocycles. The van der Waals surface area contributed by atoms with Crippen molar-refractivity contribution in [2.24, 2.45) is 0 Å². The summed E-state index contributed by atoms with van der Waals surface area (Å²) in [7, 11) is 0. The van der Waals surface area contributed by atoms with Crippen LogP contribution in [0.15, 0.2) is 24.5 Å². The number of hydrogen-bond acceptors (Lipinski definition) is 2. The van der Waals surface area contributed by atoms with Gasteiger partial charge in [-0.05, 0) is 18.9 Å². The fourth-order valence-electron chi connectivity index (χ4n) is 3.00. The predicted octanol–water partition coefficient (Wildman–Crippen LogP) is 8.27. The van der Waals surface area contributed by atoms with Crippen LogP contribution in [-0.4, -0.2) is 5.97 Å². The van der Waals surface area contributed by atoms with Crippen molar-refractivity contribution in [3.05, 3.63) is 24.5 Å². The Balaban J connectivity index is 3.25. The summed E-state index contributed by atoms with van der Waals surface area (Å²) in [5.41, 5.74) is 0. The Morgan fingerprint density at radius 2 is 1.15 bits per heavy atom. The summed E-state index contributed by atoms with van der Waals surface area (Å²) in [5.74, 6) is -0.105. The molecule has 0 N–H and O–H groups in total. The first-order valence-electron chi connectivity index (χ1n) is 11.3. The molecule has 0 heterocycles. The van der Waals surface area contributed by atoms with E-state index in [1.165, 1.54) is 89.7 Å². The zero-order valence-corrected chi connectivity index (χ0v) is 17.6. The summed E-state index contributed by atoms with van der Waals surface area (Å²) in [5, 5.41) is 0. The first kappa shape index (κ1) is 24.9. The van der Waals surface area contributed by atoms with E-state index in [2.05, 4.69) is 19.9 Å². The van der Waals surface area contributed by atoms with Crippen LogP contribution >= 0.6 is 0 Å². The lowest BCUT2D eigenvalue weighted by molar-refractivity contribution is -0.138. The average molecular weight is 365 g/mol. The summed E-state index contributed by atoms with van der Waals surface area (Å²) in [4.78, 5) is 11.6. The summed E-state index contributed by atoms with van der Waals surface area (Å²) < 4.78 is 5.08. The van der Waals surface area contributed by atoms with Gasteiger partial charge < -0.3 is 4.74 Å². The monoisotopic (exact) mass is 364 g/mol. The van der Waals surface area contributed by atoms with Crippen LogP contribution in [0.25, 0.3) is 0 Å². The molecule has 2 heteroatoms. The van der Waals surface area contributed by atoms with Crippen LogP contribution in [-0.2, 0) is 9.53 Å². The summed E-state index contributed by atoms with van der Waals surface area (Å²) in [6, 6.07) is 0.